The minimum absolute atomic E-state index is 0.0192. The van der Waals surface area contributed by atoms with E-state index >= 15 is 0 Å². The fourth-order valence-corrected chi connectivity index (χ4v) is 4.72. The van der Waals surface area contributed by atoms with Gasteiger partial charge in [0.05, 0.1) is 30.9 Å². The number of aliphatic hydroxyl groups is 1. The van der Waals surface area contributed by atoms with Gasteiger partial charge in [0.15, 0.2) is 0 Å². The average Bonchev–Trinajstić information content (AvgIpc) is 3.53. The van der Waals surface area contributed by atoms with Gasteiger partial charge in [0, 0.05) is 32.1 Å². The molecule has 38 heavy (non-hydrogen) atoms. The fourth-order valence-electron chi connectivity index (χ4n) is 4.72. The molecule has 1 aliphatic heterocycles. The summed E-state index contributed by atoms with van der Waals surface area (Å²) in [5.41, 5.74) is 2.57. The zero-order chi connectivity index (χ0) is 27.1. The van der Waals surface area contributed by atoms with E-state index in [1.807, 2.05) is 18.2 Å². The minimum atomic E-state index is -1.05. The van der Waals surface area contributed by atoms with E-state index in [-0.39, 0.29) is 38.4 Å². The second-order valence-electron chi connectivity index (χ2n) is 9.72. The van der Waals surface area contributed by atoms with E-state index in [2.05, 4.69) is 23.6 Å². The Labute approximate surface area is 220 Å². The molecule has 3 atom stereocenters. The van der Waals surface area contributed by atoms with Crippen molar-refractivity contribution in [3.8, 4) is 0 Å². The van der Waals surface area contributed by atoms with E-state index in [9.17, 15) is 23.5 Å². The van der Waals surface area contributed by atoms with E-state index < -0.39 is 35.6 Å². The van der Waals surface area contributed by atoms with Crippen LogP contribution in [0.25, 0.3) is 0 Å². The number of nitrogens with zero attached hydrogens (tertiary/aromatic N) is 1. The maximum absolute atomic E-state index is 13.8. The van der Waals surface area contributed by atoms with Crippen LogP contribution in [0.5, 0.6) is 0 Å². The van der Waals surface area contributed by atoms with Gasteiger partial charge in [-0.2, -0.15) is 0 Å². The smallest absolute Gasteiger partial charge is 0.225 e. The number of likely N-dealkylation sites (tertiary alicyclic amines) is 1. The van der Waals surface area contributed by atoms with Crippen molar-refractivity contribution in [1.29, 1.82) is 0 Å². The molecule has 1 aromatic heterocycles. The Kier molecular flexibility index (Phi) is 9.25. The molecule has 0 saturated carbocycles. The van der Waals surface area contributed by atoms with Crippen molar-refractivity contribution in [1.82, 2.24) is 15.5 Å². The maximum Gasteiger partial charge on any atom is 0.225 e. The third-order valence-corrected chi connectivity index (χ3v) is 6.76. The lowest BCUT2D eigenvalue weighted by atomic mass is 9.99. The number of carbonyl (C=O) groups is 2. The number of carbonyl (C=O) groups excluding carboxylic acids is 2. The predicted octanol–water partition coefficient (Wildman–Crippen LogP) is 3.35. The number of aliphatic hydroxyl groups excluding tert-OH is 1. The zero-order valence-corrected chi connectivity index (χ0v) is 21.3. The second-order valence-corrected chi connectivity index (χ2v) is 9.72. The van der Waals surface area contributed by atoms with Gasteiger partial charge in [-0.3, -0.25) is 9.59 Å². The molecular formula is C29H33F2N3O4. The summed E-state index contributed by atoms with van der Waals surface area (Å²) in [5, 5.41) is 17.0. The Balaban J connectivity index is 1.40. The molecule has 0 bridgehead atoms. The molecule has 3 N–H and O–H groups in total. The highest BCUT2D eigenvalue weighted by molar-refractivity contribution is 5.89. The van der Waals surface area contributed by atoms with Crippen molar-refractivity contribution in [3.05, 3.63) is 94.9 Å². The SMILES string of the molecule is CCc1cccc(CNC[C@H](O)[C@@H](Cc2cc(F)cc(F)c2)NC(=O)C2CC(=O)N(Cc3ccco3)C2)c1. The van der Waals surface area contributed by atoms with Crippen LogP contribution in [0.15, 0.2) is 65.3 Å². The molecule has 0 spiro atoms. The number of hydrogen-bond donors (Lipinski definition) is 3. The first kappa shape index (κ1) is 27.5. The Hall–Kier alpha value is -3.56. The van der Waals surface area contributed by atoms with Gasteiger partial charge in [0.2, 0.25) is 11.8 Å². The Morgan fingerprint density at radius 1 is 1.11 bits per heavy atom. The molecule has 1 saturated heterocycles. The van der Waals surface area contributed by atoms with Crippen LogP contribution in [0.2, 0.25) is 0 Å². The standard InChI is InChI=1S/C29H33F2N3O4/c1-2-19-5-3-6-20(9-19)15-32-16-27(35)26(12-21-10-23(30)14-24(31)11-21)33-29(37)22-13-28(36)34(17-22)18-25-7-4-8-38-25/h3-11,14,22,26-27,32,35H,2,12-13,15-18H2,1H3,(H,33,37)/t22?,26-,27+/m1/s1. The summed E-state index contributed by atoms with van der Waals surface area (Å²) in [6.45, 7) is 3.22. The summed E-state index contributed by atoms with van der Waals surface area (Å²) >= 11 is 0. The summed E-state index contributed by atoms with van der Waals surface area (Å²) in [5.74, 6) is -2.01. The molecule has 202 valence electrons. The number of aryl methyl sites for hydroxylation is 1. The molecule has 1 unspecified atom stereocenters. The second kappa shape index (κ2) is 12.8. The lowest BCUT2D eigenvalue weighted by molar-refractivity contribution is -0.129. The van der Waals surface area contributed by atoms with Gasteiger partial charge in [-0.25, -0.2) is 8.78 Å². The molecule has 0 radical (unpaired) electrons. The van der Waals surface area contributed by atoms with Crippen LogP contribution in [0.1, 0.15) is 35.8 Å². The highest BCUT2D eigenvalue weighted by Crippen LogP contribution is 2.21. The molecule has 0 aliphatic carbocycles. The summed E-state index contributed by atoms with van der Waals surface area (Å²) in [4.78, 5) is 27.2. The third-order valence-electron chi connectivity index (χ3n) is 6.76. The van der Waals surface area contributed by atoms with Crippen LogP contribution in [0.4, 0.5) is 8.78 Å². The van der Waals surface area contributed by atoms with E-state index in [0.29, 0.717) is 17.9 Å². The van der Waals surface area contributed by atoms with Crippen LogP contribution in [-0.2, 0) is 35.5 Å². The summed E-state index contributed by atoms with van der Waals surface area (Å²) < 4.78 is 33.0. The molecule has 2 aromatic carbocycles. The van der Waals surface area contributed by atoms with Gasteiger partial charge in [-0.05, 0) is 53.8 Å². The van der Waals surface area contributed by atoms with Crippen molar-refractivity contribution in [3.63, 3.8) is 0 Å². The maximum atomic E-state index is 13.8. The molecule has 7 nitrogen and oxygen atoms in total. The topological polar surface area (TPSA) is 94.8 Å². The van der Waals surface area contributed by atoms with Gasteiger partial charge in [0.25, 0.3) is 0 Å². The van der Waals surface area contributed by atoms with E-state index in [1.54, 1.807) is 17.0 Å². The van der Waals surface area contributed by atoms with Gasteiger partial charge < -0.3 is 25.1 Å². The Bertz CT molecular complexity index is 1210. The molecule has 2 amide bonds. The number of amides is 2. The Morgan fingerprint density at radius 2 is 1.87 bits per heavy atom. The largest absolute Gasteiger partial charge is 0.467 e. The van der Waals surface area contributed by atoms with Crippen LogP contribution < -0.4 is 10.6 Å². The summed E-state index contributed by atoms with van der Waals surface area (Å²) in [6.07, 6.45) is 1.45. The number of hydrogen-bond acceptors (Lipinski definition) is 5. The average molecular weight is 526 g/mol. The molecule has 3 aromatic rings. The van der Waals surface area contributed by atoms with Crippen LogP contribution in [0.3, 0.4) is 0 Å². The van der Waals surface area contributed by atoms with Gasteiger partial charge in [-0.15, -0.1) is 0 Å². The number of halogens is 2. The van der Waals surface area contributed by atoms with Crippen LogP contribution >= 0.6 is 0 Å². The highest BCUT2D eigenvalue weighted by Gasteiger charge is 2.36. The number of furan rings is 1. The Morgan fingerprint density at radius 3 is 2.58 bits per heavy atom. The first-order valence-electron chi connectivity index (χ1n) is 12.8. The molecule has 9 heteroatoms. The van der Waals surface area contributed by atoms with Crippen molar-refractivity contribution < 1.29 is 27.9 Å². The number of rotatable bonds is 12. The van der Waals surface area contributed by atoms with Gasteiger partial charge in [-0.1, -0.05) is 31.2 Å². The number of benzene rings is 2. The first-order chi connectivity index (χ1) is 18.3. The highest BCUT2D eigenvalue weighted by atomic mass is 19.1. The van der Waals surface area contributed by atoms with Gasteiger partial charge >= 0.3 is 0 Å². The monoisotopic (exact) mass is 525 g/mol. The van der Waals surface area contributed by atoms with Crippen molar-refractivity contribution >= 4 is 11.8 Å². The first-order valence-corrected chi connectivity index (χ1v) is 12.8. The van der Waals surface area contributed by atoms with E-state index in [1.165, 1.54) is 24.0 Å². The zero-order valence-electron chi connectivity index (χ0n) is 21.3. The normalized spacial score (nSPS) is 17.0. The van der Waals surface area contributed by atoms with Crippen molar-refractivity contribution in [2.24, 2.45) is 5.92 Å². The van der Waals surface area contributed by atoms with Crippen LogP contribution in [-0.4, -0.2) is 47.1 Å². The molecule has 1 fully saturated rings. The molecule has 1 aliphatic rings. The lowest BCUT2D eigenvalue weighted by Crippen LogP contribution is -2.50. The van der Waals surface area contributed by atoms with E-state index in [4.69, 9.17) is 4.42 Å². The minimum Gasteiger partial charge on any atom is -0.467 e. The quantitative estimate of drug-likeness (QED) is 0.337. The van der Waals surface area contributed by atoms with Crippen molar-refractivity contribution in [2.45, 2.75) is 51.4 Å². The third kappa shape index (κ3) is 7.49. The summed E-state index contributed by atoms with van der Waals surface area (Å²) in [6, 6.07) is 13.9. The molecule has 4 rings (SSSR count). The number of nitrogens with one attached hydrogen (secondary N) is 2. The van der Waals surface area contributed by atoms with E-state index in [0.717, 1.165) is 18.1 Å². The summed E-state index contributed by atoms with van der Waals surface area (Å²) in [7, 11) is 0. The van der Waals surface area contributed by atoms with Crippen molar-refractivity contribution in [2.75, 3.05) is 13.1 Å². The lowest BCUT2D eigenvalue weighted by Gasteiger charge is -2.26. The molecule has 2 heterocycles. The predicted molar refractivity (Wildman–Crippen MR) is 138 cm³/mol. The van der Waals surface area contributed by atoms with Crippen LogP contribution in [0, 0.1) is 17.6 Å². The molecular weight excluding hydrogens is 492 g/mol. The van der Waals surface area contributed by atoms with Gasteiger partial charge in [0.1, 0.15) is 17.4 Å². The fraction of sp³-hybridized carbons (Fsp3) is 0.379.